The zero-order valence-electron chi connectivity index (χ0n) is 19.8. The van der Waals surface area contributed by atoms with Gasteiger partial charge in [0.15, 0.2) is 0 Å². The summed E-state index contributed by atoms with van der Waals surface area (Å²) in [5.41, 5.74) is 0.824. The van der Waals surface area contributed by atoms with Gasteiger partial charge in [-0.3, -0.25) is 4.79 Å². The molecule has 0 aliphatic carbocycles. The van der Waals surface area contributed by atoms with Crippen molar-refractivity contribution in [1.82, 2.24) is 24.1 Å². The van der Waals surface area contributed by atoms with Crippen LogP contribution < -0.4 is 15.4 Å². The lowest BCUT2D eigenvalue weighted by Crippen LogP contribution is -2.34. The van der Waals surface area contributed by atoms with Crippen molar-refractivity contribution in [3.05, 3.63) is 53.7 Å². The number of aryl methyl sites for hydroxylation is 3. The smallest absolute Gasteiger partial charge is 0.433 e. The van der Waals surface area contributed by atoms with E-state index in [9.17, 15) is 18.0 Å². The molecule has 2 N–H and O–H groups in total. The van der Waals surface area contributed by atoms with E-state index in [-0.39, 0.29) is 24.2 Å². The van der Waals surface area contributed by atoms with Crippen molar-refractivity contribution in [2.75, 3.05) is 10.6 Å². The van der Waals surface area contributed by atoms with E-state index in [0.29, 0.717) is 47.4 Å². The van der Waals surface area contributed by atoms with Crippen LogP contribution >= 0.6 is 0 Å². The molecule has 0 bridgehead atoms. The summed E-state index contributed by atoms with van der Waals surface area (Å²) in [6.07, 6.45) is -1.83. The maximum absolute atomic E-state index is 13.6. The van der Waals surface area contributed by atoms with E-state index < -0.39 is 11.9 Å². The van der Waals surface area contributed by atoms with Crippen LogP contribution in [0.1, 0.15) is 30.6 Å². The number of amides is 1. The number of carbonyl (C=O) groups excluding carboxylic acids is 1. The van der Waals surface area contributed by atoms with Crippen molar-refractivity contribution in [1.29, 1.82) is 0 Å². The van der Waals surface area contributed by atoms with Crippen molar-refractivity contribution >= 4 is 28.7 Å². The van der Waals surface area contributed by atoms with Crippen LogP contribution in [0.5, 0.6) is 11.5 Å². The number of nitrogens with one attached hydrogen (secondary N) is 2. The van der Waals surface area contributed by atoms with E-state index in [4.69, 9.17) is 4.74 Å². The predicted molar refractivity (Wildman–Crippen MR) is 127 cm³/mol. The molecule has 0 fully saturated rings. The van der Waals surface area contributed by atoms with Gasteiger partial charge in [-0.2, -0.15) is 13.2 Å². The van der Waals surface area contributed by atoms with Gasteiger partial charge in [-0.25, -0.2) is 15.0 Å². The van der Waals surface area contributed by atoms with Gasteiger partial charge in [0.1, 0.15) is 28.8 Å². The zero-order chi connectivity index (χ0) is 25.6. The molecule has 0 spiro atoms. The number of benzene rings is 1. The molecule has 1 aromatic carbocycles. The number of pyridine rings is 1. The fraction of sp³-hybridized carbons (Fsp3) is 0.333. The van der Waals surface area contributed by atoms with Gasteiger partial charge in [-0.15, -0.1) is 0 Å². The number of alkyl halides is 3. The third-order valence-corrected chi connectivity index (χ3v) is 6.07. The third-order valence-electron chi connectivity index (χ3n) is 6.07. The maximum atomic E-state index is 13.6. The van der Waals surface area contributed by atoms with Gasteiger partial charge in [-0.1, -0.05) is 0 Å². The molecule has 4 heterocycles. The molecule has 0 saturated heterocycles. The molecule has 1 amide bonds. The fourth-order valence-electron chi connectivity index (χ4n) is 4.51. The number of halogens is 3. The molecule has 1 aliphatic heterocycles. The molecule has 0 saturated carbocycles. The number of aromatic nitrogens is 5. The Labute approximate surface area is 204 Å². The number of rotatable bonds is 5. The average molecular weight is 499 g/mol. The first kappa shape index (κ1) is 23.6. The van der Waals surface area contributed by atoms with Crippen LogP contribution in [-0.2, 0) is 31.0 Å². The van der Waals surface area contributed by atoms with E-state index in [1.165, 1.54) is 24.6 Å². The summed E-state index contributed by atoms with van der Waals surface area (Å²) < 4.78 is 49.8. The van der Waals surface area contributed by atoms with E-state index >= 15 is 0 Å². The van der Waals surface area contributed by atoms with Crippen LogP contribution in [0.25, 0.3) is 11.0 Å². The maximum Gasteiger partial charge on any atom is 0.433 e. The SMILES string of the molecule is CC(=O)Nc1cc(Oc2ccc3nc(N[C@@H]4CCc5nc(C)c(C(F)(F)F)n5C4)n(C)c3c2)ccn1. The molecule has 36 heavy (non-hydrogen) atoms. The van der Waals surface area contributed by atoms with Crippen molar-refractivity contribution in [3.8, 4) is 11.5 Å². The highest BCUT2D eigenvalue weighted by Gasteiger charge is 2.40. The lowest BCUT2D eigenvalue weighted by molar-refractivity contribution is -0.144. The highest BCUT2D eigenvalue weighted by molar-refractivity contribution is 5.87. The van der Waals surface area contributed by atoms with Crippen LogP contribution in [-0.4, -0.2) is 36.0 Å². The summed E-state index contributed by atoms with van der Waals surface area (Å²) in [7, 11) is 1.83. The Balaban J connectivity index is 1.35. The number of carbonyl (C=O) groups is 1. The molecule has 4 aromatic rings. The number of fused-ring (bicyclic) bond motifs is 2. The summed E-state index contributed by atoms with van der Waals surface area (Å²) in [5, 5.41) is 5.92. The molecule has 1 atom stereocenters. The summed E-state index contributed by atoms with van der Waals surface area (Å²) in [6, 6.07) is 8.47. The van der Waals surface area contributed by atoms with Gasteiger partial charge in [-0.05, 0) is 31.5 Å². The second-order valence-corrected chi connectivity index (χ2v) is 8.76. The molecule has 1 aliphatic rings. The molecule has 3 aromatic heterocycles. The highest BCUT2D eigenvalue weighted by Crippen LogP contribution is 2.35. The normalized spacial score (nSPS) is 15.6. The molecular formula is C24H24F3N7O2. The van der Waals surface area contributed by atoms with Gasteiger partial charge in [0, 0.05) is 51.3 Å². The zero-order valence-corrected chi connectivity index (χ0v) is 19.8. The van der Waals surface area contributed by atoms with E-state index in [1.54, 1.807) is 18.2 Å². The third kappa shape index (κ3) is 4.58. The Morgan fingerprint density at radius 2 is 1.94 bits per heavy atom. The lowest BCUT2D eigenvalue weighted by Gasteiger charge is -2.27. The first-order valence-corrected chi connectivity index (χ1v) is 11.4. The minimum Gasteiger partial charge on any atom is -0.457 e. The van der Waals surface area contributed by atoms with Crippen LogP contribution in [0.4, 0.5) is 24.9 Å². The standard InChI is InChI=1S/C24H24F3N7O2/c1-13-22(24(25,26)27)34-12-15(4-7-21(34)29-13)31-23-32-18-6-5-16(10-19(18)33(23)3)36-17-8-9-28-20(11-17)30-14(2)35/h5-6,8-11,15H,4,7,12H2,1-3H3,(H,31,32)(H,28,30,35)/t15-/m1/s1. The monoisotopic (exact) mass is 499 g/mol. The van der Waals surface area contributed by atoms with Crippen LogP contribution in [0.2, 0.25) is 0 Å². The van der Waals surface area contributed by atoms with Crippen LogP contribution in [0.3, 0.4) is 0 Å². The molecule has 0 radical (unpaired) electrons. The van der Waals surface area contributed by atoms with Crippen LogP contribution in [0.15, 0.2) is 36.5 Å². The Hall–Kier alpha value is -4.09. The Morgan fingerprint density at radius 3 is 2.69 bits per heavy atom. The van der Waals surface area contributed by atoms with Gasteiger partial charge in [0.25, 0.3) is 0 Å². The quantitative estimate of drug-likeness (QED) is 0.414. The minimum atomic E-state index is -4.46. The highest BCUT2D eigenvalue weighted by atomic mass is 19.4. The number of anilines is 2. The lowest BCUT2D eigenvalue weighted by atomic mass is 10.1. The minimum absolute atomic E-state index is 0.00630. The molecule has 0 unspecified atom stereocenters. The summed E-state index contributed by atoms with van der Waals surface area (Å²) in [4.78, 5) is 24.1. The van der Waals surface area contributed by atoms with Crippen LogP contribution in [0, 0.1) is 6.92 Å². The number of imidazole rings is 2. The first-order chi connectivity index (χ1) is 17.1. The second kappa shape index (κ2) is 8.85. The fourth-order valence-corrected chi connectivity index (χ4v) is 4.51. The van der Waals surface area contributed by atoms with Crippen molar-refractivity contribution in [2.24, 2.45) is 7.05 Å². The Kier molecular flexibility index (Phi) is 5.81. The molecular weight excluding hydrogens is 475 g/mol. The number of ether oxygens (including phenoxy) is 1. The Morgan fingerprint density at radius 1 is 1.17 bits per heavy atom. The van der Waals surface area contributed by atoms with Gasteiger partial charge in [0.05, 0.1) is 16.7 Å². The predicted octanol–water partition coefficient (Wildman–Crippen LogP) is 4.67. The summed E-state index contributed by atoms with van der Waals surface area (Å²) >= 11 is 0. The van der Waals surface area contributed by atoms with Crippen molar-refractivity contribution in [2.45, 2.75) is 45.5 Å². The first-order valence-electron chi connectivity index (χ1n) is 11.4. The number of hydrogen-bond donors (Lipinski definition) is 2. The van der Waals surface area contributed by atoms with Gasteiger partial charge in [0.2, 0.25) is 11.9 Å². The Bertz CT molecular complexity index is 1460. The molecule has 9 nitrogen and oxygen atoms in total. The van der Waals surface area contributed by atoms with Crippen molar-refractivity contribution in [3.63, 3.8) is 0 Å². The molecule has 12 heteroatoms. The average Bonchev–Trinajstić information content (AvgIpc) is 3.29. The van der Waals surface area contributed by atoms with Gasteiger partial charge >= 0.3 is 6.18 Å². The molecule has 5 rings (SSSR count). The van der Waals surface area contributed by atoms with Crippen molar-refractivity contribution < 1.29 is 22.7 Å². The van der Waals surface area contributed by atoms with Gasteiger partial charge < -0.3 is 24.5 Å². The number of hydrogen-bond acceptors (Lipinski definition) is 6. The summed E-state index contributed by atoms with van der Waals surface area (Å²) in [6.45, 7) is 2.95. The molecule has 188 valence electrons. The largest absolute Gasteiger partial charge is 0.457 e. The summed E-state index contributed by atoms with van der Waals surface area (Å²) in [5.74, 6) is 2.22. The second-order valence-electron chi connectivity index (χ2n) is 8.76. The van der Waals surface area contributed by atoms with E-state index in [1.807, 2.05) is 23.7 Å². The number of nitrogens with zero attached hydrogens (tertiary/aromatic N) is 5. The van der Waals surface area contributed by atoms with E-state index in [0.717, 1.165) is 5.52 Å². The van der Waals surface area contributed by atoms with E-state index in [2.05, 4.69) is 25.6 Å². The topological polar surface area (TPSA) is 98.9 Å².